The molecule has 338 valence electrons. The summed E-state index contributed by atoms with van der Waals surface area (Å²) in [5, 5.41) is 141. The van der Waals surface area contributed by atoms with Gasteiger partial charge in [-0.2, -0.15) is 0 Å². The van der Waals surface area contributed by atoms with Crippen molar-refractivity contribution in [3.05, 3.63) is 0 Å². The summed E-state index contributed by atoms with van der Waals surface area (Å²) in [6.07, 6.45) is -25.0. The normalized spacial score (nSPS) is 42.8. The average Bonchev–Trinajstić information content (AvgIpc) is 3.69. The lowest BCUT2D eigenvalue weighted by Crippen LogP contribution is -2.65. The number of alkyl carbamates (subject to hydrolysis) is 1. The van der Waals surface area contributed by atoms with Gasteiger partial charge in [-0.3, -0.25) is 0 Å². The van der Waals surface area contributed by atoms with Gasteiger partial charge >= 0.3 is 12.2 Å². The molecule has 58 heavy (non-hydrogen) atoms. The Morgan fingerprint density at radius 2 is 1.22 bits per heavy atom. The lowest BCUT2D eigenvalue weighted by molar-refractivity contribution is -0.402. The molecule has 0 aromatic carbocycles. The fraction of sp³-hybridized carbons (Fsp3) is 0.938. The lowest BCUT2D eigenvalue weighted by atomic mass is 9.88. The van der Waals surface area contributed by atoms with E-state index in [9.17, 15) is 70.9 Å². The van der Waals surface area contributed by atoms with Crippen molar-refractivity contribution >= 4 is 12.2 Å². The zero-order chi connectivity index (χ0) is 43.1. The van der Waals surface area contributed by atoms with Crippen LogP contribution in [0.5, 0.6) is 0 Å². The fourth-order valence-corrected chi connectivity index (χ4v) is 6.75. The summed E-state index contributed by atoms with van der Waals surface area (Å²) >= 11 is 0. The summed E-state index contributed by atoms with van der Waals surface area (Å²) < 4.78 is 51.0. The minimum absolute atomic E-state index is 0.0714. The van der Waals surface area contributed by atoms with Crippen molar-refractivity contribution in [3.63, 3.8) is 0 Å². The van der Waals surface area contributed by atoms with Crippen LogP contribution >= 0.6 is 0 Å². The van der Waals surface area contributed by atoms with Crippen molar-refractivity contribution < 1.29 is 119 Å². The highest BCUT2D eigenvalue weighted by Gasteiger charge is 2.64. The Kier molecular flexibility index (Phi) is 17.1. The highest BCUT2D eigenvalue weighted by Crippen LogP contribution is 2.42. The average molecular weight is 853 g/mol. The van der Waals surface area contributed by atoms with Crippen molar-refractivity contribution in [2.75, 3.05) is 72.6 Å². The molecule has 0 aliphatic carbocycles. The van der Waals surface area contributed by atoms with Crippen molar-refractivity contribution in [1.29, 1.82) is 0 Å². The van der Waals surface area contributed by atoms with Gasteiger partial charge in [0.2, 0.25) is 17.4 Å². The molecule has 26 heteroatoms. The van der Waals surface area contributed by atoms with Gasteiger partial charge in [0.05, 0.1) is 19.8 Å². The number of aliphatic hydroxyl groups excluding tert-OH is 11. The van der Waals surface area contributed by atoms with Gasteiger partial charge in [-0.25, -0.2) is 9.59 Å². The maximum atomic E-state index is 12.2. The maximum Gasteiger partial charge on any atom is 0.407 e. The number of aliphatic hydroxyl groups is 12. The van der Waals surface area contributed by atoms with Crippen LogP contribution < -0.4 is 10.6 Å². The van der Waals surface area contributed by atoms with Crippen LogP contribution in [0.4, 0.5) is 9.59 Å². The SMILES string of the molecule is CCCOC[C@]1(OC[C@]2(OC[C@]3(O[C@@H]4OC[C@@](O)(CCO)C(O)C4O)O[C@@H](CO)C(O)C3O)O[C@@H](CO)C(O)C2O)O[C@@H](COC(=O)NCCNC(=O)O)C(O)C1O. The number of nitrogens with one attached hydrogen (secondary N) is 2. The summed E-state index contributed by atoms with van der Waals surface area (Å²) in [5.41, 5.74) is -2.14. The first-order valence-corrected chi connectivity index (χ1v) is 18.4. The predicted octanol–water partition coefficient (Wildman–Crippen LogP) is -7.92. The molecule has 4 heterocycles. The van der Waals surface area contributed by atoms with E-state index in [4.69, 9.17) is 47.7 Å². The van der Waals surface area contributed by atoms with Crippen LogP contribution in [0.2, 0.25) is 0 Å². The number of hydrogen-bond acceptors (Lipinski definition) is 23. The standard InChI is InChI=1S/C32H56N2O24/c1-2-7-50-12-30(24(44)20(40)17(57-30)10-51-28(48)34-5-4-33-27(46)47)53-13-31(23(43)18(38)15(8-36)55-31)54-14-32(25(45)19(39)16(9-37)56-32)58-26-21(41)22(42)29(49,3-6-35)11-52-26/h15-26,33,35-45,49H,2-14H2,1H3,(H,34,48)(H,46,47)/t15-,16-,17-,18?,19?,20?,21?,22?,23?,24?,25?,26-,29-,30-,31-,32+/m0/s1. The maximum absolute atomic E-state index is 12.2. The third-order valence-corrected chi connectivity index (χ3v) is 10.1. The Morgan fingerprint density at radius 1 is 0.707 bits per heavy atom. The topological polar surface area (TPSA) is 404 Å². The number of ether oxygens (including phenoxy) is 9. The van der Waals surface area contributed by atoms with E-state index in [1.807, 2.05) is 5.32 Å². The van der Waals surface area contributed by atoms with Crippen LogP contribution in [0.15, 0.2) is 0 Å². The molecule has 4 saturated heterocycles. The summed E-state index contributed by atoms with van der Waals surface area (Å²) in [6, 6.07) is 0. The van der Waals surface area contributed by atoms with E-state index in [-0.39, 0.29) is 19.7 Å². The molecule has 15 N–H and O–H groups in total. The van der Waals surface area contributed by atoms with Crippen LogP contribution in [-0.4, -0.2) is 248 Å². The zero-order valence-electron chi connectivity index (χ0n) is 31.4. The van der Waals surface area contributed by atoms with Crippen LogP contribution in [-0.2, 0) is 42.6 Å². The van der Waals surface area contributed by atoms with E-state index in [1.165, 1.54) is 0 Å². The van der Waals surface area contributed by atoms with Gasteiger partial charge in [-0.05, 0) is 6.42 Å². The Labute approximate surface area is 330 Å². The van der Waals surface area contributed by atoms with E-state index in [1.54, 1.807) is 6.92 Å². The van der Waals surface area contributed by atoms with E-state index in [2.05, 4.69) is 5.32 Å². The van der Waals surface area contributed by atoms with Gasteiger partial charge in [0.15, 0.2) is 6.29 Å². The predicted molar refractivity (Wildman–Crippen MR) is 181 cm³/mol. The molecular weight excluding hydrogens is 796 g/mol. The van der Waals surface area contributed by atoms with E-state index in [0.717, 1.165) is 0 Å². The highest BCUT2D eigenvalue weighted by molar-refractivity contribution is 5.67. The van der Waals surface area contributed by atoms with Crippen LogP contribution in [0, 0.1) is 0 Å². The van der Waals surface area contributed by atoms with Gasteiger partial charge in [0, 0.05) is 32.7 Å². The minimum Gasteiger partial charge on any atom is -0.465 e. The monoisotopic (exact) mass is 852 g/mol. The van der Waals surface area contributed by atoms with E-state index >= 15 is 0 Å². The van der Waals surface area contributed by atoms with E-state index < -0.39 is 168 Å². The third-order valence-electron chi connectivity index (χ3n) is 10.1. The second-order valence-corrected chi connectivity index (χ2v) is 14.3. The molecular formula is C32H56N2O24. The molecule has 0 radical (unpaired) electrons. The van der Waals surface area contributed by atoms with E-state index in [0.29, 0.717) is 6.42 Å². The Morgan fingerprint density at radius 3 is 1.78 bits per heavy atom. The molecule has 4 fully saturated rings. The Balaban J connectivity index is 1.59. The van der Waals surface area contributed by atoms with Crippen LogP contribution in [0.3, 0.4) is 0 Å². The number of carbonyl (C=O) groups excluding carboxylic acids is 1. The van der Waals surface area contributed by atoms with Crippen molar-refractivity contribution in [3.8, 4) is 0 Å². The number of carbonyl (C=O) groups is 2. The molecule has 0 spiro atoms. The fourth-order valence-electron chi connectivity index (χ4n) is 6.75. The zero-order valence-corrected chi connectivity index (χ0v) is 31.4. The summed E-state index contributed by atoms with van der Waals surface area (Å²) in [5.74, 6) is -7.69. The molecule has 0 aromatic heterocycles. The number of rotatable bonds is 21. The number of carboxylic acid groups (broad SMARTS) is 1. The van der Waals surface area contributed by atoms with Gasteiger partial charge in [-0.1, -0.05) is 6.92 Å². The molecule has 4 aliphatic rings. The second-order valence-electron chi connectivity index (χ2n) is 14.3. The van der Waals surface area contributed by atoms with Gasteiger partial charge in [0.1, 0.15) is 99.2 Å². The smallest absolute Gasteiger partial charge is 0.407 e. The molecule has 16 atom stereocenters. The van der Waals surface area contributed by atoms with Crippen molar-refractivity contribution in [1.82, 2.24) is 10.6 Å². The first-order valence-electron chi connectivity index (χ1n) is 18.4. The van der Waals surface area contributed by atoms with Gasteiger partial charge in [0.25, 0.3) is 0 Å². The summed E-state index contributed by atoms with van der Waals surface area (Å²) in [6.45, 7) is -5.20. The number of hydrogen-bond donors (Lipinski definition) is 15. The second kappa shape index (κ2) is 20.5. The highest BCUT2D eigenvalue weighted by atomic mass is 16.8. The third kappa shape index (κ3) is 10.4. The Bertz CT molecular complexity index is 1320. The Hall–Kier alpha value is -2.26. The van der Waals surface area contributed by atoms with Crippen LogP contribution in [0.25, 0.3) is 0 Å². The van der Waals surface area contributed by atoms with Crippen molar-refractivity contribution in [2.24, 2.45) is 0 Å². The minimum atomic E-state index is -2.68. The first kappa shape index (κ1) is 48.4. The molecule has 8 unspecified atom stereocenters. The molecule has 0 aromatic rings. The number of amides is 2. The lowest BCUT2D eigenvalue weighted by Gasteiger charge is -2.46. The molecule has 0 bridgehead atoms. The largest absolute Gasteiger partial charge is 0.465 e. The summed E-state index contributed by atoms with van der Waals surface area (Å²) in [7, 11) is 0. The van der Waals surface area contributed by atoms with Crippen molar-refractivity contribution in [2.45, 2.75) is 116 Å². The molecule has 4 aliphatic heterocycles. The first-order chi connectivity index (χ1) is 27.4. The molecule has 0 saturated carbocycles. The molecule has 2 amide bonds. The van der Waals surface area contributed by atoms with Crippen LogP contribution in [0.1, 0.15) is 19.8 Å². The van der Waals surface area contributed by atoms with Gasteiger partial charge in [-0.15, -0.1) is 0 Å². The van der Waals surface area contributed by atoms with Gasteiger partial charge < -0.3 is 120 Å². The molecule has 26 nitrogen and oxygen atoms in total. The quantitative estimate of drug-likeness (QED) is 0.0477. The molecule has 4 rings (SSSR count). The summed E-state index contributed by atoms with van der Waals surface area (Å²) in [4.78, 5) is 22.8.